The Hall–Kier alpha value is -0.450. The van der Waals surface area contributed by atoms with Gasteiger partial charge in [0.05, 0.1) is 5.69 Å². The van der Waals surface area contributed by atoms with Gasteiger partial charge in [-0.3, -0.25) is 9.88 Å². The highest BCUT2D eigenvalue weighted by atomic mass is 79.9. The van der Waals surface area contributed by atoms with Crippen molar-refractivity contribution in [2.75, 3.05) is 13.1 Å². The Balaban J connectivity index is 1.77. The van der Waals surface area contributed by atoms with Crippen LogP contribution in [-0.4, -0.2) is 34.6 Å². The first-order valence-corrected chi connectivity index (χ1v) is 8.06. The summed E-state index contributed by atoms with van der Waals surface area (Å²) in [5, 5.41) is 3.67. The number of nitrogens with zero attached hydrogens (tertiary/aromatic N) is 2. The number of aromatic nitrogens is 1. The molecule has 1 N–H and O–H groups in total. The van der Waals surface area contributed by atoms with E-state index in [1.54, 1.807) is 0 Å². The topological polar surface area (TPSA) is 28.2 Å². The van der Waals surface area contributed by atoms with Crippen molar-refractivity contribution >= 4 is 15.9 Å². The molecule has 0 aromatic carbocycles. The fourth-order valence-electron chi connectivity index (χ4n) is 3.52. The van der Waals surface area contributed by atoms with Crippen molar-refractivity contribution in [3.63, 3.8) is 0 Å². The van der Waals surface area contributed by atoms with Gasteiger partial charge in [-0.25, -0.2) is 0 Å². The van der Waals surface area contributed by atoms with E-state index < -0.39 is 0 Å². The lowest BCUT2D eigenvalue weighted by atomic mass is 9.91. The standard InChI is InChI=1S/C15H22BrN3/c1-12-9-19(10-14-5-4-13(16)8-17-14)15(11-18-12)6-2-3-7-15/h4-5,8,12,18H,2-3,6-7,9-11H2,1H3. The molecule has 1 aliphatic heterocycles. The summed E-state index contributed by atoms with van der Waals surface area (Å²) in [6.07, 6.45) is 7.33. The van der Waals surface area contributed by atoms with Gasteiger partial charge in [-0.05, 0) is 47.8 Å². The quantitative estimate of drug-likeness (QED) is 0.907. The van der Waals surface area contributed by atoms with E-state index in [0.29, 0.717) is 11.6 Å². The van der Waals surface area contributed by atoms with E-state index in [1.165, 1.54) is 31.4 Å². The summed E-state index contributed by atoms with van der Waals surface area (Å²) in [5.41, 5.74) is 1.57. The van der Waals surface area contributed by atoms with Crippen LogP contribution in [0.5, 0.6) is 0 Å². The highest BCUT2D eigenvalue weighted by Gasteiger charge is 2.42. The SMILES string of the molecule is CC1CN(Cc2ccc(Br)cn2)C2(CCCC2)CN1. The minimum atomic E-state index is 0.390. The van der Waals surface area contributed by atoms with Crippen molar-refractivity contribution in [2.45, 2.75) is 50.7 Å². The van der Waals surface area contributed by atoms with Gasteiger partial charge in [0.2, 0.25) is 0 Å². The minimum Gasteiger partial charge on any atom is -0.311 e. The second-order valence-electron chi connectivity index (χ2n) is 6.06. The maximum atomic E-state index is 4.54. The van der Waals surface area contributed by atoms with Crippen LogP contribution in [0.25, 0.3) is 0 Å². The van der Waals surface area contributed by atoms with Gasteiger partial charge in [-0.2, -0.15) is 0 Å². The molecule has 1 saturated heterocycles. The second kappa shape index (κ2) is 5.51. The van der Waals surface area contributed by atoms with Crippen LogP contribution < -0.4 is 5.32 Å². The highest BCUT2D eigenvalue weighted by Crippen LogP contribution is 2.37. The van der Waals surface area contributed by atoms with Crippen LogP contribution in [0.15, 0.2) is 22.8 Å². The molecule has 2 fully saturated rings. The van der Waals surface area contributed by atoms with Gasteiger partial charge in [0.1, 0.15) is 0 Å². The van der Waals surface area contributed by atoms with Crippen LogP contribution in [0.4, 0.5) is 0 Å². The Morgan fingerprint density at radius 1 is 1.42 bits per heavy atom. The maximum Gasteiger partial charge on any atom is 0.0545 e. The number of halogens is 1. The molecule has 1 unspecified atom stereocenters. The smallest absolute Gasteiger partial charge is 0.0545 e. The molecular formula is C15H22BrN3. The number of nitrogens with one attached hydrogen (secondary N) is 1. The molecule has 1 aromatic heterocycles. The fourth-order valence-corrected chi connectivity index (χ4v) is 3.75. The maximum absolute atomic E-state index is 4.54. The summed E-state index contributed by atoms with van der Waals surface area (Å²) in [6, 6.07) is 4.82. The fraction of sp³-hybridized carbons (Fsp3) is 0.667. The van der Waals surface area contributed by atoms with Crippen molar-refractivity contribution < 1.29 is 0 Å². The molecule has 1 aliphatic carbocycles. The van der Waals surface area contributed by atoms with E-state index in [1.807, 2.05) is 6.20 Å². The molecule has 1 spiro atoms. The van der Waals surface area contributed by atoms with Crippen LogP contribution >= 0.6 is 15.9 Å². The molecular weight excluding hydrogens is 302 g/mol. The molecule has 19 heavy (non-hydrogen) atoms. The van der Waals surface area contributed by atoms with Gasteiger partial charge in [-0.1, -0.05) is 12.8 Å². The minimum absolute atomic E-state index is 0.390. The highest BCUT2D eigenvalue weighted by molar-refractivity contribution is 9.10. The molecule has 3 nitrogen and oxygen atoms in total. The van der Waals surface area contributed by atoms with Crippen molar-refractivity contribution in [3.05, 3.63) is 28.5 Å². The molecule has 1 atom stereocenters. The lowest BCUT2D eigenvalue weighted by Gasteiger charge is -2.47. The zero-order valence-corrected chi connectivity index (χ0v) is 13.1. The summed E-state index contributed by atoms with van der Waals surface area (Å²) in [7, 11) is 0. The van der Waals surface area contributed by atoms with Crippen LogP contribution in [0.2, 0.25) is 0 Å². The van der Waals surface area contributed by atoms with Crippen molar-refractivity contribution in [1.29, 1.82) is 0 Å². The number of hydrogen-bond acceptors (Lipinski definition) is 3. The van der Waals surface area contributed by atoms with E-state index in [2.05, 4.69) is 50.2 Å². The second-order valence-corrected chi connectivity index (χ2v) is 6.98. The number of piperazine rings is 1. The Kier molecular flexibility index (Phi) is 3.92. The number of pyridine rings is 1. The van der Waals surface area contributed by atoms with Gasteiger partial charge in [-0.15, -0.1) is 0 Å². The molecule has 4 heteroatoms. The summed E-state index contributed by atoms with van der Waals surface area (Å²) in [5.74, 6) is 0. The zero-order chi connectivity index (χ0) is 13.3. The number of hydrogen-bond donors (Lipinski definition) is 1. The zero-order valence-electron chi connectivity index (χ0n) is 11.5. The molecule has 1 aromatic rings. The first kappa shape index (κ1) is 13.5. The molecule has 2 heterocycles. The predicted octanol–water partition coefficient (Wildman–Crippen LogP) is 2.95. The van der Waals surface area contributed by atoms with Crippen molar-refractivity contribution in [3.8, 4) is 0 Å². The normalized spacial score (nSPS) is 26.9. The van der Waals surface area contributed by atoms with Crippen LogP contribution in [0, 0.1) is 0 Å². The van der Waals surface area contributed by atoms with Gasteiger partial charge in [0.25, 0.3) is 0 Å². The molecule has 0 bridgehead atoms. The van der Waals surface area contributed by atoms with Crippen LogP contribution in [0.1, 0.15) is 38.3 Å². The lowest BCUT2D eigenvalue weighted by molar-refractivity contribution is 0.0382. The summed E-state index contributed by atoms with van der Waals surface area (Å²) >= 11 is 3.45. The molecule has 0 radical (unpaired) electrons. The lowest BCUT2D eigenvalue weighted by Crippen LogP contribution is -2.62. The van der Waals surface area contributed by atoms with Crippen molar-refractivity contribution in [2.24, 2.45) is 0 Å². The predicted molar refractivity (Wildman–Crippen MR) is 81.0 cm³/mol. The largest absolute Gasteiger partial charge is 0.311 e. The molecule has 3 rings (SSSR count). The first-order valence-electron chi connectivity index (χ1n) is 7.27. The molecule has 0 amide bonds. The monoisotopic (exact) mass is 323 g/mol. The van der Waals surface area contributed by atoms with Gasteiger partial charge in [0, 0.05) is 41.9 Å². The van der Waals surface area contributed by atoms with E-state index in [4.69, 9.17) is 0 Å². The van der Waals surface area contributed by atoms with Gasteiger partial charge >= 0.3 is 0 Å². The summed E-state index contributed by atoms with van der Waals surface area (Å²) < 4.78 is 1.06. The molecule has 1 saturated carbocycles. The third-order valence-corrected chi connectivity index (χ3v) is 5.09. The first-order chi connectivity index (χ1) is 9.18. The Bertz CT molecular complexity index is 426. The third kappa shape index (κ3) is 2.86. The van der Waals surface area contributed by atoms with E-state index in [0.717, 1.165) is 24.1 Å². The molecule has 104 valence electrons. The summed E-state index contributed by atoms with van der Waals surface area (Å²) in [4.78, 5) is 7.22. The third-order valence-electron chi connectivity index (χ3n) is 4.62. The van der Waals surface area contributed by atoms with Crippen LogP contribution in [-0.2, 0) is 6.54 Å². The Morgan fingerprint density at radius 2 is 2.21 bits per heavy atom. The van der Waals surface area contributed by atoms with E-state index in [9.17, 15) is 0 Å². The van der Waals surface area contributed by atoms with Gasteiger partial charge in [0.15, 0.2) is 0 Å². The average molecular weight is 324 g/mol. The molecule has 2 aliphatic rings. The average Bonchev–Trinajstić information content (AvgIpc) is 2.87. The van der Waals surface area contributed by atoms with E-state index >= 15 is 0 Å². The van der Waals surface area contributed by atoms with E-state index in [-0.39, 0.29) is 0 Å². The Labute approximate surface area is 123 Å². The van der Waals surface area contributed by atoms with Gasteiger partial charge < -0.3 is 5.32 Å². The summed E-state index contributed by atoms with van der Waals surface area (Å²) in [6.45, 7) is 5.55. The van der Waals surface area contributed by atoms with Crippen molar-refractivity contribution in [1.82, 2.24) is 15.2 Å². The number of rotatable bonds is 2. The Morgan fingerprint density at radius 3 is 2.89 bits per heavy atom. The van der Waals surface area contributed by atoms with Crippen LogP contribution in [0.3, 0.4) is 0 Å².